The lowest BCUT2D eigenvalue weighted by Gasteiger charge is -2.34. The summed E-state index contributed by atoms with van der Waals surface area (Å²) in [5.74, 6) is -1.61. The van der Waals surface area contributed by atoms with E-state index < -0.39 is 23.8 Å². The van der Waals surface area contributed by atoms with Crippen LogP contribution in [0.5, 0.6) is 0 Å². The monoisotopic (exact) mass is 297 g/mol. The summed E-state index contributed by atoms with van der Waals surface area (Å²) in [6, 6.07) is 1.13. The average molecular weight is 298 g/mol. The Balaban J connectivity index is 0.00000162. The molecule has 0 unspecified atom stereocenters. The van der Waals surface area contributed by atoms with Gasteiger partial charge in [0.25, 0.3) is 0 Å². The van der Waals surface area contributed by atoms with Crippen molar-refractivity contribution in [3.05, 3.63) is 34.4 Å². The Hall–Kier alpha value is -0.420. The van der Waals surface area contributed by atoms with Crippen LogP contribution in [0.1, 0.15) is 30.9 Å². The maximum absolute atomic E-state index is 13.7. The van der Waals surface area contributed by atoms with Gasteiger partial charge >= 0.3 is 0 Å². The van der Waals surface area contributed by atoms with Gasteiger partial charge in [-0.05, 0) is 30.9 Å². The number of halogens is 4. The molecule has 1 fully saturated rings. The Kier molecular flexibility index (Phi) is 5.34. The van der Waals surface area contributed by atoms with Crippen LogP contribution in [0, 0.1) is 17.6 Å². The minimum absolute atomic E-state index is 0. The molecule has 2 nitrogen and oxygen atoms in total. The molecule has 2 atom stereocenters. The molecule has 0 aliphatic heterocycles. The highest BCUT2D eigenvalue weighted by molar-refractivity contribution is 6.30. The number of aliphatic hydroxyl groups is 1. The van der Waals surface area contributed by atoms with Gasteiger partial charge in [0.1, 0.15) is 11.6 Å². The van der Waals surface area contributed by atoms with E-state index in [0.29, 0.717) is 0 Å². The van der Waals surface area contributed by atoms with Crippen LogP contribution in [-0.4, -0.2) is 11.2 Å². The van der Waals surface area contributed by atoms with E-state index in [1.165, 1.54) is 0 Å². The molecular weight excluding hydrogens is 283 g/mol. The number of nitrogens with two attached hydrogens (primary N) is 1. The summed E-state index contributed by atoms with van der Waals surface area (Å²) in [6.07, 6.45) is 1.79. The van der Waals surface area contributed by atoms with Gasteiger partial charge in [-0.3, -0.25) is 0 Å². The van der Waals surface area contributed by atoms with E-state index in [1.54, 1.807) is 0 Å². The lowest BCUT2D eigenvalue weighted by atomic mass is 9.77. The zero-order chi connectivity index (χ0) is 12.6. The average Bonchev–Trinajstić information content (AvgIpc) is 2.21. The van der Waals surface area contributed by atoms with Gasteiger partial charge in [-0.2, -0.15) is 0 Å². The second-order valence-electron chi connectivity index (χ2n) is 4.46. The highest BCUT2D eigenvalue weighted by Gasteiger charge is 2.33. The van der Waals surface area contributed by atoms with Crippen LogP contribution in [0.25, 0.3) is 0 Å². The summed E-state index contributed by atoms with van der Waals surface area (Å²) < 4.78 is 27.2. The third-order valence-corrected chi connectivity index (χ3v) is 3.71. The summed E-state index contributed by atoms with van der Waals surface area (Å²) >= 11 is 5.58. The van der Waals surface area contributed by atoms with Crippen molar-refractivity contribution in [2.24, 2.45) is 11.7 Å². The Morgan fingerprint density at radius 3 is 2.44 bits per heavy atom. The van der Waals surface area contributed by atoms with E-state index in [2.05, 4.69) is 0 Å². The molecular formula is C12H15Cl2F2NO. The molecule has 1 aliphatic rings. The molecule has 0 aromatic heterocycles. The lowest BCUT2D eigenvalue weighted by Crippen LogP contribution is -2.37. The van der Waals surface area contributed by atoms with E-state index in [0.717, 1.165) is 31.4 Å². The highest BCUT2D eigenvalue weighted by atomic mass is 35.5. The van der Waals surface area contributed by atoms with Gasteiger partial charge in [0.05, 0.1) is 17.2 Å². The standard InChI is InChI=1S/C12H14ClF2NO.ClH/c13-7-4-5-8(14)9(10(7)15)11(16)12(17)6-2-1-3-6;/h4-6,11-12,17H,1-3,16H2;1H/t11-,12+;/m0./s1. The first kappa shape index (κ1) is 15.6. The van der Waals surface area contributed by atoms with E-state index in [1.807, 2.05) is 0 Å². The van der Waals surface area contributed by atoms with E-state index >= 15 is 0 Å². The molecule has 0 bridgehead atoms. The fourth-order valence-electron chi connectivity index (χ4n) is 2.09. The molecule has 1 aromatic carbocycles. The summed E-state index contributed by atoms with van der Waals surface area (Å²) in [6.45, 7) is 0. The molecule has 1 aromatic rings. The van der Waals surface area contributed by atoms with Gasteiger partial charge in [0.2, 0.25) is 0 Å². The summed E-state index contributed by atoms with van der Waals surface area (Å²) in [5, 5.41) is 9.75. The smallest absolute Gasteiger partial charge is 0.149 e. The first-order chi connectivity index (χ1) is 8.02. The van der Waals surface area contributed by atoms with Crippen molar-refractivity contribution in [3.63, 3.8) is 0 Å². The van der Waals surface area contributed by atoms with Crippen molar-refractivity contribution in [2.75, 3.05) is 0 Å². The third-order valence-electron chi connectivity index (χ3n) is 3.41. The second kappa shape index (κ2) is 6.15. The van der Waals surface area contributed by atoms with Crippen LogP contribution >= 0.6 is 24.0 Å². The number of hydrogen-bond donors (Lipinski definition) is 2. The molecule has 0 saturated heterocycles. The minimum Gasteiger partial charge on any atom is -0.391 e. The Bertz CT molecular complexity index is 427. The van der Waals surface area contributed by atoms with Crippen LogP contribution in [0.3, 0.4) is 0 Å². The predicted molar refractivity (Wildman–Crippen MR) is 68.9 cm³/mol. The van der Waals surface area contributed by atoms with E-state index in [4.69, 9.17) is 17.3 Å². The molecule has 2 rings (SSSR count). The molecule has 3 N–H and O–H groups in total. The first-order valence-electron chi connectivity index (χ1n) is 5.59. The SMILES string of the molecule is Cl.N[C@@H](c1c(F)ccc(Cl)c1F)[C@H](O)C1CCC1. The maximum atomic E-state index is 13.7. The molecule has 0 amide bonds. The normalized spacial score (nSPS) is 18.7. The van der Waals surface area contributed by atoms with Crippen LogP contribution in [-0.2, 0) is 0 Å². The molecule has 6 heteroatoms. The van der Waals surface area contributed by atoms with Crippen molar-refractivity contribution in [1.29, 1.82) is 0 Å². The number of rotatable bonds is 3. The zero-order valence-corrected chi connectivity index (χ0v) is 11.1. The number of aliphatic hydroxyl groups excluding tert-OH is 1. The molecule has 0 heterocycles. The van der Waals surface area contributed by atoms with Gasteiger partial charge in [0, 0.05) is 5.56 Å². The largest absolute Gasteiger partial charge is 0.391 e. The summed E-state index contributed by atoms with van der Waals surface area (Å²) in [4.78, 5) is 0. The first-order valence-corrected chi connectivity index (χ1v) is 5.97. The van der Waals surface area contributed by atoms with Gasteiger partial charge < -0.3 is 10.8 Å². The Labute approximate surface area is 116 Å². The van der Waals surface area contributed by atoms with Crippen molar-refractivity contribution in [2.45, 2.75) is 31.4 Å². The van der Waals surface area contributed by atoms with Gasteiger partial charge in [-0.25, -0.2) is 8.78 Å². The third kappa shape index (κ3) is 2.77. The fraction of sp³-hybridized carbons (Fsp3) is 0.500. The lowest BCUT2D eigenvalue weighted by molar-refractivity contribution is 0.0395. The minimum atomic E-state index is -1.07. The second-order valence-corrected chi connectivity index (χ2v) is 4.87. The summed E-state index contributed by atoms with van der Waals surface area (Å²) in [5.41, 5.74) is 5.41. The Morgan fingerprint density at radius 2 is 1.94 bits per heavy atom. The fourth-order valence-corrected chi connectivity index (χ4v) is 2.26. The van der Waals surface area contributed by atoms with Crippen LogP contribution < -0.4 is 5.73 Å². The van der Waals surface area contributed by atoms with Gasteiger partial charge in [-0.1, -0.05) is 18.0 Å². The van der Waals surface area contributed by atoms with Gasteiger partial charge in [0.15, 0.2) is 0 Å². The van der Waals surface area contributed by atoms with Gasteiger partial charge in [-0.15, -0.1) is 12.4 Å². The van der Waals surface area contributed by atoms with Crippen molar-refractivity contribution >= 4 is 24.0 Å². The summed E-state index contributed by atoms with van der Waals surface area (Å²) in [7, 11) is 0. The van der Waals surface area contributed by atoms with Crippen molar-refractivity contribution < 1.29 is 13.9 Å². The zero-order valence-electron chi connectivity index (χ0n) is 9.57. The topological polar surface area (TPSA) is 46.2 Å². The Morgan fingerprint density at radius 1 is 1.33 bits per heavy atom. The quantitative estimate of drug-likeness (QED) is 0.842. The predicted octanol–water partition coefficient (Wildman–Crippen LogP) is 3.20. The van der Waals surface area contributed by atoms with Crippen molar-refractivity contribution in [3.8, 4) is 0 Å². The van der Waals surface area contributed by atoms with E-state index in [9.17, 15) is 13.9 Å². The number of benzene rings is 1. The van der Waals surface area contributed by atoms with Crippen molar-refractivity contribution in [1.82, 2.24) is 0 Å². The molecule has 0 spiro atoms. The van der Waals surface area contributed by atoms with E-state index in [-0.39, 0.29) is 28.9 Å². The molecule has 1 saturated carbocycles. The van der Waals surface area contributed by atoms with Crippen LogP contribution in [0.15, 0.2) is 12.1 Å². The van der Waals surface area contributed by atoms with Crippen LogP contribution in [0.2, 0.25) is 5.02 Å². The molecule has 1 aliphatic carbocycles. The number of hydrogen-bond acceptors (Lipinski definition) is 2. The highest BCUT2D eigenvalue weighted by Crippen LogP contribution is 2.36. The molecule has 102 valence electrons. The molecule has 0 radical (unpaired) electrons. The molecule has 18 heavy (non-hydrogen) atoms. The van der Waals surface area contributed by atoms with Crippen LogP contribution in [0.4, 0.5) is 8.78 Å². The maximum Gasteiger partial charge on any atom is 0.149 e.